The van der Waals surface area contributed by atoms with Crippen LogP contribution < -0.4 is 5.11 Å². The number of carbonyl (C=O) groups excluding carboxylic acids is 1. The number of carboxylic acids is 1. The van der Waals surface area contributed by atoms with Crippen LogP contribution in [-0.4, -0.2) is 10.9 Å². The molecule has 0 heterocycles. The van der Waals surface area contributed by atoms with E-state index >= 15 is 0 Å². The lowest BCUT2D eigenvalue weighted by molar-refractivity contribution is -0.385. The highest BCUT2D eigenvalue weighted by Gasteiger charge is 2.11. The van der Waals surface area contributed by atoms with Crippen LogP contribution in [0.5, 0.6) is 0 Å². The van der Waals surface area contributed by atoms with Crippen molar-refractivity contribution >= 4 is 34.2 Å². The predicted octanol–water partition coefficient (Wildman–Crippen LogP) is 0.563. The summed E-state index contributed by atoms with van der Waals surface area (Å²) < 4.78 is 0.282. The summed E-state index contributed by atoms with van der Waals surface area (Å²) in [5.74, 6) is -1.34. The molecule has 6 heteroatoms. The predicted molar refractivity (Wildman–Crippen MR) is 50.1 cm³/mol. The summed E-state index contributed by atoms with van der Waals surface area (Å²) in [6.07, 6.45) is 0. The number of nitro groups is 1. The van der Waals surface area contributed by atoms with E-state index in [1.165, 1.54) is 6.07 Å². The van der Waals surface area contributed by atoms with E-state index in [2.05, 4.69) is 0 Å². The fourth-order valence-corrected chi connectivity index (χ4v) is 1.49. The molecule has 13 heavy (non-hydrogen) atoms. The Balaban J connectivity index is 3.20. The molecule has 0 saturated heterocycles. The molecule has 0 aromatic heterocycles. The zero-order chi connectivity index (χ0) is 10.0. The zero-order valence-corrected chi connectivity index (χ0v) is 8.35. The molecule has 0 bridgehead atoms. The van der Waals surface area contributed by atoms with Crippen molar-refractivity contribution < 1.29 is 14.8 Å². The van der Waals surface area contributed by atoms with Gasteiger partial charge in [-0.15, -0.1) is 0 Å². The molecule has 0 aliphatic heterocycles. The van der Waals surface area contributed by atoms with Crippen molar-refractivity contribution in [2.75, 3.05) is 0 Å². The Morgan fingerprint density at radius 3 is 2.46 bits per heavy atom. The number of aromatic carboxylic acids is 1. The lowest BCUT2D eigenvalue weighted by Crippen LogP contribution is -2.22. The molecule has 0 atom stereocenters. The van der Waals surface area contributed by atoms with Gasteiger partial charge in [-0.1, -0.05) is 0 Å². The summed E-state index contributed by atoms with van der Waals surface area (Å²) in [5.41, 5.74) is -0.166. The summed E-state index contributed by atoms with van der Waals surface area (Å²) in [4.78, 5) is 20.1. The summed E-state index contributed by atoms with van der Waals surface area (Å²) in [5, 5.41) is 20.7. The minimum absolute atomic E-state index is 0.0602. The lowest BCUT2D eigenvalue weighted by atomic mass is 10.2. The van der Waals surface area contributed by atoms with Gasteiger partial charge >= 0.3 is 0 Å². The van der Waals surface area contributed by atoms with E-state index in [1.54, 1.807) is 22.6 Å². The molecular weight excluding hydrogens is 289 g/mol. The smallest absolute Gasteiger partial charge is 0.282 e. The number of halogens is 1. The summed E-state index contributed by atoms with van der Waals surface area (Å²) >= 11 is 1.70. The Labute approximate surface area is 86.7 Å². The summed E-state index contributed by atoms with van der Waals surface area (Å²) in [7, 11) is 0. The average Bonchev–Trinajstić information content (AvgIpc) is 2.03. The van der Waals surface area contributed by atoms with Gasteiger partial charge in [0.25, 0.3) is 5.69 Å². The van der Waals surface area contributed by atoms with E-state index in [0.29, 0.717) is 0 Å². The van der Waals surface area contributed by atoms with Gasteiger partial charge in [0.1, 0.15) is 0 Å². The molecule has 0 N–H and O–H groups in total. The van der Waals surface area contributed by atoms with Crippen LogP contribution >= 0.6 is 22.6 Å². The van der Waals surface area contributed by atoms with Crippen LogP contribution in [0.1, 0.15) is 10.4 Å². The maximum absolute atomic E-state index is 10.4. The number of hydrogen-bond acceptors (Lipinski definition) is 4. The second-order valence-corrected chi connectivity index (χ2v) is 3.37. The Bertz CT molecular complexity index is 377. The number of nitrogens with zero attached hydrogens (tertiary/aromatic N) is 1. The zero-order valence-electron chi connectivity index (χ0n) is 6.19. The standard InChI is InChI=1S/C7H4INO4/c8-5-3-4(7(10)11)1-2-6(5)9(12)13/h1-3H,(H,10,11)/p-1. The molecule has 5 nitrogen and oxygen atoms in total. The number of rotatable bonds is 2. The van der Waals surface area contributed by atoms with Crippen molar-refractivity contribution in [1.82, 2.24) is 0 Å². The molecule has 0 spiro atoms. The van der Waals surface area contributed by atoms with Gasteiger partial charge in [-0.2, -0.15) is 0 Å². The Morgan fingerprint density at radius 2 is 2.08 bits per heavy atom. The van der Waals surface area contributed by atoms with Crippen molar-refractivity contribution in [2.24, 2.45) is 0 Å². The highest BCUT2D eigenvalue weighted by atomic mass is 127. The summed E-state index contributed by atoms with van der Waals surface area (Å²) in [6, 6.07) is 3.50. The minimum atomic E-state index is -1.34. The maximum atomic E-state index is 10.4. The summed E-state index contributed by atoms with van der Waals surface area (Å²) in [6.45, 7) is 0. The van der Waals surface area contributed by atoms with Crippen molar-refractivity contribution in [3.63, 3.8) is 0 Å². The normalized spacial score (nSPS) is 9.62. The number of nitro benzene ring substituents is 1. The van der Waals surface area contributed by atoms with Crippen LogP contribution in [0, 0.1) is 13.7 Å². The maximum Gasteiger partial charge on any atom is 0.282 e. The SMILES string of the molecule is O=C([O-])c1ccc([N+](=O)[O-])c(I)c1. The van der Waals surface area contributed by atoms with E-state index in [1.807, 2.05) is 0 Å². The molecule has 0 unspecified atom stereocenters. The van der Waals surface area contributed by atoms with Crippen LogP contribution in [0.15, 0.2) is 18.2 Å². The van der Waals surface area contributed by atoms with Gasteiger partial charge in [-0.25, -0.2) is 0 Å². The number of carbonyl (C=O) groups is 1. The molecule has 0 aliphatic rings. The third-order valence-electron chi connectivity index (χ3n) is 1.38. The molecule has 0 fully saturated rings. The third-order valence-corrected chi connectivity index (χ3v) is 2.24. The van der Waals surface area contributed by atoms with Crippen molar-refractivity contribution in [1.29, 1.82) is 0 Å². The second kappa shape index (κ2) is 3.69. The van der Waals surface area contributed by atoms with Crippen molar-refractivity contribution in [3.05, 3.63) is 37.4 Å². The van der Waals surface area contributed by atoms with Gasteiger partial charge in [-0.3, -0.25) is 10.1 Å². The first-order valence-electron chi connectivity index (χ1n) is 3.17. The van der Waals surface area contributed by atoms with Crippen LogP contribution in [-0.2, 0) is 0 Å². The minimum Gasteiger partial charge on any atom is -0.545 e. The number of carboxylic acid groups (broad SMARTS) is 1. The quantitative estimate of drug-likeness (QED) is 0.453. The highest BCUT2D eigenvalue weighted by Crippen LogP contribution is 2.21. The van der Waals surface area contributed by atoms with E-state index in [-0.39, 0.29) is 14.8 Å². The van der Waals surface area contributed by atoms with Gasteiger partial charge < -0.3 is 9.90 Å². The van der Waals surface area contributed by atoms with Gasteiger partial charge in [-0.05, 0) is 40.3 Å². The Morgan fingerprint density at radius 1 is 1.46 bits per heavy atom. The molecule has 1 rings (SSSR count). The topological polar surface area (TPSA) is 83.3 Å². The van der Waals surface area contributed by atoms with Crippen LogP contribution in [0.2, 0.25) is 0 Å². The van der Waals surface area contributed by atoms with Gasteiger partial charge in [0.2, 0.25) is 0 Å². The van der Waals surface area contributed by atoms with Crippen LogP contribution in [0.4, 0.5) is 5.69 Å². The average molecular weight is 292 g/mol. The van der Waals surface area contributed by atoms with E-state index < -0.39 is 10.9 Å². The lowest BCUT2D eigenvalue weighted by Gasteiger charge is -2.02. The van der Waals surface area contributed by atoms with Crippen molar-refractivity contribution in [2.45, 2.75) is 0 Å². The van der Waals surface area contributed by atoms with Crippen LogP contribution in [0.25, 0.3) is 0 Å². The molecular formula is C7H3INO4-. The molecule has 1 aromatic rings. The van der Waals surface area contributed by atoms with Crippen LogP contribution in [0.3, 0.4) is 0 Å². The molecule has 0 saturated carbocycles. The van der Waals surface area contributed by atoms with E-state index in [4.69, 9.17) is 0 Å². The second-order valence-electron chi connectivity index (χ2n) is 2.21. The number of hydrogen-bond donors (Lipinski definition) is 0. The third kappa shape index (κ3) is 2.14. The van der Waals surface area contributed by atoms with Gasteiger partial charge in [0.15, 0.2) is 0 Å². The highest BCUT2D eigenvalue weighted by molar-refractivity contribution is 14.1. The number of benzene rings is 1. The van der Waals surface area contributed by atoms with Gasteiger partial charge in [0.05, 0.1) is 14.5 Å². The van der Waals surface area contributed by atoms with Crippen molar-refractivity contribution in [3.8, 4) is 0 Å². The molecule has 0 radical (unpaired) electrons. The first-order valence-corrected chi connectivity index (χ1v) is 4.25. The Hall–Kier alpha value is -1.18. The fraction of sp³-hybridized carbons (Fsp3) is 0. The first kappa shape index (κ1) is 9.90. The molecule has 0 amide bonds. The first-order chi connectivity index (χ1) is 6.02. The largest absolute Gasteiger partial charge is 0.545 e. The van der Waals surface area contributed by atoms with E-state index in [9.17, 15) is 20.0 Å². The monoisotopic (exact) mass is 292 g/mol. The van der Waals surface area contributed by atoms with Gasteiger partial charge in [0, 0.05) is 6.07 Å². The fourth-order valence-electron chi connectivity index (χ4n) is 0.782. The molecule has 0 aliphatic carbocycles. The Kier molecular flexibility index (Phi) is 2.81. The molecule has 68 valence electrons. The van der Waals surface area contributed by atoms with E-state index in [0.717, 1.165) is 12.1 Å². The molecule has 1 aromatic carbocycles.